The molecule has 90 valence electrons. The maximum atomic E-state index is 11.0. The van der Waals surface area contributed by atoms with E-state index >= 15 is 0 Å². The largest absolute Gasteiger partial charge is 0.277 e. The molecule has 0 N–H and O–H groups in total. The van der Waals surface area contributed by atoms with E-state index in [2.05, 4.69) is 6.07 Å². The molecule has 0 heterocycles. The van der Waals surface area contributed by atoms with Gasteiger partial charge in [-0.2, -0.15) is 5.26 Å². The molecule has 0 spiro atoms. The molecule has 3 rings (SSSR count). The van der Waals surface area contributed by atoms with Crippen LogP contribution < -0.4 is 0 Å². The molecule has 0 radical (unpaired) electrons. The average Bonchev–Trinajstić information content (AvgIpc) is 2.43. The van der Waals surface area contributed by atoms with Gasteiger partial charge in [-0.25, -0.2) is 0 Å². The van der Waals surface area contributed by atoms with Crippen LogP contribution in [-0.4, -0.2) is 4.92 Å². The quantitative estimate of drug-likeness (QED) is 0.374. The van der Waals surface area contributed by atoms with Crippen molar-refractivity contribution in [2.75, 3.05) is 0 Å². The van der Waals surface area contributed by atoms with Crippen molar-refractivity contribution < 1.29 is 4.92 Å². The Morgan fingerprint density at radius 1 is 1.00 bits per heavy atom. The fourth-order valence-corrected chi connectivity index (χ4v) is 2.29. The van der Waals surface area contributed by atoms with Gasteiger partial charge in [0.2, 0.25) is 0 Å². The summed E-state index contributed by atoms with van der Waals surface area (Å²) in [5.41, 5.74) is 0.660. The number of rotatable bonds is 1. The molecule has 0 saturated carbocycles. The van der Waals surface area contributed by atoms with Crippen LogP contribution >= 0.6 is 0 Å². The van der Waals surface area contributed by atoms with E-state index in [1.807, 2.05) is 18.2 Å². The van der Waals surface area contributed by atoms with E-state index in [9.17, 15) is 10.1 Å². The molecule has 3 aromatic rings. The third-order valence-corrected chi connectivity index (χ3v) is 3.17. The first-order valence-electron chi connectivity index (χ1n) is 5.71. The Bertz CT molecular complexity index is 863. The zero-order valence-electron chi connectivity index (χ0n) is 9.83. The first-order chi connectivity index (χ1) is 9.20. The van der Waals surface area contributed by atoms with Crippen molar-refractivity contribution in [3.63, 3.8) is 0 Å². The average molecular weight is 248 g/mol. The summed E-state index contributed by atoms with van der Waals surface area (Å²) in [5, 5.41) is 23.1. The third kappa shape index (κ3) is 1.69. The molecule has 0 bridgehead atoms. The molecule has 0 aliphatic carbocycles. The minimum atomic E-state index is -0.387. The van der Waals surface area contributed by atoms with Gasteiger partial charge in [0, 0.05) is 11.5 Å². The Kier molecular flexibility index (Phi) is 2.39. The van der Waals surface area contributed by atoms with E-state index in [4.69, 9.17) is 5.26 Å². The summed E-state index contributed by atoms with van der Waals surface area (Å²) >= 11 is 0. The van der Waals surface area contributed by atoms with Gasteiger partial charge in [-0.1, -0.05) is 24.3 Å². The van der Waals surface area contributed by atoms with Gasteiger partial charge in [-0.05, 0) is 29.0 Å². The van der Waals surface area contributed by atoms with E-state index in [0.717, 1.165) is 16.2 Å². The van der Waals surface area contributed by atoms with Crippen molar-refractivity contribution in [3.05, 3.63) is 64.2 Å². The SMILES string of the molecule is N#Cc1cccc2cc3c([N+](=O)[O-])cccc3cc12. The molecule has 0 aromatic heterocycles. The van der Waals surface area contributed by atoms with Crippen LogP contribution in [0.1, 0.15) is 5.56 Å². The predicted octanol–water partition coefficient (Wildman–Crippen LogP) is 3.77. The van der Waals surface area contributed by atoms with E-state index in [1.54, 1.807) is 24.3 Å². The first-order valence-corrected chi connectivity index (χ1v) is 5.71. The molecule has 3 aromatic carbocycles. The van der Waals surface area contributed by atoms with Gasteiger partial charge in [0.25, 0.3) is 5.69 Å². The second-order valence-corrected chi connectivity index (χ2v) is 4.25. The van der Waals surface area contributed by atoms with Gasteiger partial charge >= 0.3 is 0 Å². The number of nitro benzene ring substituents is 1. The van der Waals surface area contributed by atoms with Crippen molar-refractivity contribution in [2.24, 2.45) is 0 Å². The number of fused-ring (bicyclic) bond motifs is 2. The standard InChI is InChI=1S/C15H8N2O2/c16-9-12-5-1-3-10-8-14-11(7-13(10)12)4-2-6-15(14)17(18)19/h1-8H. The lowest BCUT2D eigenvalue weighted by molar-refractivity contribution is -0.383. The summed E-state index contributed by atoms with van der Waals surface area (Å²) in [5.74, 6) is 0. The number of benzene rings is 3. The Morgan fingerprint density at radius 3 is 2.32 bits per heavy atom. The van der Waals surface area contributed by atoms with Crippen LogP contribution in [0.5, 0.6) is 0 Å². The molecule has 0 atom stereocenters. The van der Waals surface area contributed by atoms with E-state index in [0.29, 0.717) is 10.9 Å². The maximum absolute atomic E-state index is 11.0. The summed E-state index contributed by atoms with van der Waals surface area (Å²) in [6.45, 7) is 0. The highest BCUT2D eigenvalue weighted by Gasteiger charge is 2.12. The van der Waals surface area contributed by atoms with E-state index in [1.165, 1.54) is 6.07 Å². The maximum Gasteiger partial charge on any atom is 0.277 e. The zero-order chi connectivity index (χ0) is 13.4. The number of non-ortho nitro benzene ring substituents is 1. The number of hydrogen-bond acceptors (Lipinski definition) is 3. The second-order valence-electron chi connectivity index (χ2n) is 4.25. The summed E-state index contributed by atoms with van der Waals surface area (Å²) in [4.78, 5) is 10.6. The molecule has 0 aliphatic rings. The highest BCUT2D eigenvalue weighted by atomic mass is 16.6. The summed E-state index contributed by atoms with van der Waals surface area (Å²) in [6.07, 6.45) is 0. The van der Waals surface area contributed by atoms with Crippen LogP contribution in [0, 0.1) is 21.4 Å². The van der Waals surface area contributed by atoms with Crippen LogP contribution in [0.15, 0.2) is 48.5 Å². The smallest absolute Gasteiger partial charge is 0.258 e. The van der Waals surface area contributed by atoms with Crippen molar-refractivity contribution in [1.29, 1.82) is 5.26 Å². The minimum absolute atomic E-state index is 0.0850. The predicted molar refractivity (Wildman–Crippen MR) is 72.8 cm³/mol. The second kappa shape index (κ2) is 4.07. The lowest BCUT2D eigenvalue weighted by atomic mass is 9.99. The Morgan fingerprint density at radius 2 is 1.63 bits per heavy atom. The van der Waals surface area contributed by atoms with Crippen molar-refractivity contribution in [3.8, 4) is 6.07 Å². The van der Waals surface area contributed by atoms with Crippen LogP contribution in [0.2, 0.25) is 0 Å². The lowest BCUT2D eigenvalue weighted by Gasteiger charge is -2.04. The van der Waals surface area contributed by atoms with Crippen molar-refractivity contribution in [1.82, 2.24) is 0 Å². The fraction of sp³-hybridized carbons (Fsp3) is 0. The molecule has 0 fully saturated rings. The number of nitro groups is 1. The Balaban J connectivity index is 2.49. The molecule has 0 unspecified atom stereocenters. The molecular formula is C15H8N2O2. The van der Waals surface area contributed by atoms with Crippen LogP contribution in [-0.2, 0) is 0 Å². The minimum Gasteiger partial charge on any atom is -0.258 e. The van der Waals surface area contributed by atoms with E-state index in [-0.39, 0.29) is 10.6 Å². The number of nitriles is 1. The van der Waals surface area contributed by atoms with Crippen molar-refractivity contribution >= 4 is 27.2 Å². The van der Waals surface area contributed by atoms with Gasteiger partial charge in [0.15, 0.2) is 0 Å². The summed E-state index contributed by atoms with van der Waals surface area (Å²) < 4.78 is 0. The monoisotopic (exact) mass is 248 g/mol. The van der Waals surface area contributed by atoms with Crippen LogP contribution in [0.3, 0.4) is 0 Å². The first kappa shape index (κ1) is 11.2. The lowest BCUT2D eigenvalue weighted by Crippen LogP contribution is -1.90. The van der Waals surface area contributed by atoms with Crippen LogP contribution in [0.25, 0.3) is 21.5 Å². The number of nitrogens with zero attached hydrogens (tertiary/aromatic N) is 2. The zero-order valence-corrected chi connectivity index (χ0v) is 9.83. The highest BCUT2D eigenvalue weighted by Crippen LogP contribution is 2.30. The number of hydrogen-bond donors (Lipinski definition) is 0. The molecule has 19 heavy (non-hydrogen) atoms. The van der Waals surface area contributed by atoms with Gasteiger partial charge in [-0.3, -0.25) is 10.1 Å². The topological polar surface area (TPSA) is 66.9 Å². The Labute approximate surface area is 108 Å². The molecular weight excluding hydrogens is 240 g/mol. The van der Waals surface area contributed by atoms with E-state index < -0.39 is 0 Å². The van der Waals surface area contributed by atoms with Gasteiger partial charge in [0.1, 0.15) is 0 Å². The fourth-order valence-electron chi connectivity index (χ4n) is 2.29. The third-order valence-electron chi connectivity index (χ3n) is 3.17. The molecule has 0 saturated heterocycles. The van der Waals surface area contributed by atoms with Gasteiger partial charge < -0.3 is 0 Å². The van der Waals surface area contributed by atoms with Crippen molar-refractivity contribution in [2.45, 2.75) is 0 Å². The molecule has 0 aliphatic heterocycles. The van der Waals surface area contributed by atoms with Gasteiger partial charge in [-0.15, -0.1) is 0 Å². The molecule has 0 amide bonds. The van der Waals surface area contributed by atoms with Crippen LogP contribution in [0.4, 0.5) is 5.69 Å². The Hall–Kier alpha value is -2.93. The van der Waals surface area contributed by atoms with Gasteiger partial charge in [0.05, 0.1) is 21.9 Å². The molecule has 4 heteroatoms. The highest BCUT2D eigenvalue weighted by molar-refractivity contribution is 6.03. The summed E-state index contributed by atoms with van der Waals surface area (Å²) in [7, 11) is 0. The molecule has 4 nitrogen and oxygen atoms in total. The normalized spacial score (nSPS) is 10.5. The summed E-state index contributed by atoms with van der Waals surface area (Å²) in [6, 6.07) is 16.1.